The third kappa shape index (κ3) is 5.53. The summed E-state index contributed by atoms with van der Waals surface area (Å²) in [6, 6.07) is 0. The topological polar surface area (TPSA) is 37.3 Å². The van der Waals surface area contributed by atoms with Gasteiger partial charge in [-0.1, -0.05) is 12.7 Å². The van der Waals surface area contributed by atoms with Crippen molar-refractivity contribution in [1.29, 1.82) is 0 Å². The highest BCUT2D eigenvalue weighted by Gasteiger charge is 1.92. The van der Waals surface area contributed by atoms with Gasteiger partial charge in [0, 0.05) is 6.42 Å². The van der Waals surface area contributed by atoms with Crippen molar-refractivity contribution in [3.05, 3.63) is 0 Å². The van der Waals surface area contributed by atoms with Crippen molar-refractivity contribution in [2.45, 2.75) is 25.6 Å². The quantitative estimate of drug-likeness (QED) is 0.421. The zero-order chi connectivity index (χ0) is 6.41. The van der Waals surface area contributed by atoms with Crippen LogP contribution in [0.2, 0.25) is 6.32 Å². The molecule has 0 rings (SSSR count). The number of unbranched alkanes of at least 4 members (excludes halogenated alkanes) is 1. The van der Waals surface area contributed by atoms with E-state index < -0.39 is 5.97 Å². The molecule has 0 aliphatic carbocycles. The van der Waals surface area contributed by atoms with E-state index in [-0.39, 0.29) is 0 Å². The van der Waals surface area contributed by atoms with Crippen LogP contribution in [-0.2, 0) is 4.79 Å². The van der Waals surface area contributed by atoms with E-state index in [4.69, 9.17) is 5.11 Å². The summed E-state index contributed by atoms with van der Waals surface area (Å²) in [7, 11) is 2.06. The molecule has 0 aromatic heterocycles. The molecule has 0 aliphatic heterocycles. The maximum Gasteiger partial charge on any atom is 0.303 e. The number of carboxylic acid groups (broad SMARTS) is 1. The average Bonchev–Trinajstić information content (AvgIpc) is 1.66. The lowest BCUT2D eigenvalue weighted by Crippen LogP contribution is -1.92. The van der Waals surface area contributed by atoms with Gasteiger partial charge in [-0.25, -0.2) is 0 Å². The normalized spacial score (nSPS) is 9.00. The van der Waals surface area contributed by atoms with Crippen molar-refractivity contribution in [1.82, 2.24) is 0 Å². The summed E-state index contributed by atoms with van der Waals surface area (Å²) < 4.78 is 0. The van der Waals surface area contributed by atoms with Gasteiger partial charge in [-0.3, -0.25) is 4.79 Å². The minimum atomic E-state index is -0.682. The zero-order valence-corrected chi connectivity index (χ0v) is 5.18. The number of rotatable bonds is 4. The third-order valence-electron chi connectivity index (χ3n) is 0.994. The van der Waals surface area contributed by atoms with E-state index in [0.29, 0.717) is 6.42 Å². The minimum absolute atomic E-state index is 0.327. The second-order valence-electron chi connectivity index (χ2n) is 1.85. The summed E-state index contributed by atoms with van der Waals surface area (Å²) in [4.78, 5) is 9.87. The van der Waals surface area contributed by atoms with Crippen LogP contribution in [0.25, 0.3) is 0 Å². The number of aliphatic carboxylic acids is 1. The molecule has 0 unspecified atom stereocenters. The van der Waals surface area contributed by atoms with Crippen molar-refractivity contribution < 1.29 is 9.90 Å². The number of carboxylic acids is 1. The number of carbonyl (C=O) groups is 1. The Morgan fingerprint density at radius 2 is 2.12 bits per heavy atom. The largest absolute Gasteiger partial charge is 0.481 e. The van der Waals surface area contributed by atoms with Crippen LogP contribution in [0.15, 0.2) is 0 Å². The molecule has 0 radical (unpaired) electrons. The van der Waals surface area contributed by atoms with E-state index in [0.717, 1.165) is 19.2 Å². The number of hydrogen-bond donors (Lipinski definition) is 1. The molecule has 0 spiro atoms. The first-order valence-electron chi connectivity index (χ1n) is 2.99. The molecule has 0 amide bonds. The average molecular weight is 114 g/mol. The fraction of sp³-hybridized carbons (Fsp3) is 0.800. The molecule has 0 fully saturated rings. The molecule has 46 valence electrons. The van der Waals surface area contributed by atoms with Crippen LogP contribution in [0.1, 0.15) is 19.3 Å². The summed E-state index contributed by atoms with van der Waals surface area (Å²) in [6.07, 6.45) is 3.28. The summed E-state index contributed by atoms with van der Waals surface area (Å²) >= 11 is 0. The Kier molecular flexibility index (Phi) is 4.42. The van der Waals surface area contributed by atoms with Crippen LogP contribution < -0.4 is 0 Å². The molecule has 8 heavy (non-hydrogen) atoms. The molecule has 1 N–H and O–H groups in total. The van der Waals surface area contributed by atoms with Gasteiger partial charge in [0.05, 0.1) is 0 Å². The highest BCUT2D eigenvalue weighted by atomic mass is 16.4. The first kappa shape index (κ1) is 7.53. The molecule has 0 aliphatic rings. The molecule has 0 saturated carbocycles. The van der Waals surface area contributed by atoms with Crippen molar-refractivity contribution in [3.8, 4) is 0 Å². The summed E-state index contributed by atoms with van der Waals surface area (Å²) in [5.74, 6) is -0.682. The van der Waals surface area contributed by atoms with Crippen molar-refractivity contribution in [2.75, 3.05) is 0 Å². The number of hydrogen-bond acceptors (Lipinski definition) is 1. The zero-order valence-electron chi connectivity index (χ0n) is 5.18. The molecule has 3 heteroatoms. The maximum atomic E-state index is 9.87. The Labute approximate surface area is 50.3 Å². The molecule has 0 atom stereocenters. The molecule has 0 bridgehead atoms. The van der Waals surface area contributed by atoms with Gasteiger partial charge in [0.15, 0.2) is 0 Å². The van der Waals surface area contributed by atoms with Gasteiger partial charge < -0.3 is 5.11 Å². The fourth-order valence-corrected chi connectivity index (χ4v) is 0.526. The van der Waals surface area contributed by atoms with E-state index in [1.807, 2.05) is 0 Å². The summed E-state index contributed by atoms with van der Waals surface area (Å²) in [5.41, 5.74) is 0. The van der Waals surface area contributed by atoms with Crippen LogP contribution in [0.5, 0.6) is 0 Å². The Morgan fingerprint density at radius 1 is 1.50 bits per heavy atom. The Bertz CT molecular complexity index is 72.8. The van der Waals surface area contributed by atoms with Crippen LogP contribution >= 0.6 is 0 Å². The van der Waals surface area contributed by atoms with Crippen LogP contribution in [0, 0.1) is 0 Å². The van der Waals surface area contributed by atoms with Crippen molar-refractivity contribution in [2.24, 2.45) is 0 Å². The smallest absolute Gasteiger partial charge is 0.303 e. The fourth-order valence-electron chi connectivity index (χ4n) is 0.526. The second-order valence-corrected chi connectivity index (χ2v) is 1.85. The van der Waals surface area contributed by atoms with Gasteiger partial charge in [0.25, 0.3) is 0 Å². The van der Waals surface area contributed by atoms with Gasteiger partial charge in [0.2, 0.25) is 0 Å². The maximum absolute atomic E-state index is 9.87. The van der Waals surface area contributed by atoms with E-state index in [1.54, 1.807) is 0 Å². The van der Waals surface area contributed by atoms with Gasteiger partial charge in [-0.2, -0.15) is 0 Å². The molecule has 0 aromatic carbocycles. The minimum Gasteiger partial charge on any atom is -0.481 e. The van der Waals surface area contributed by atoms with Gasteiger partial charge in [-0.15, -0.1) is 0 Å². The van der Waals surface area contributed by atoms with Gasteiger partial charge in [0.1, 0.15) is 7.85 Å². The van der Waals surface area contributed by atoms with Crippen molar-refractivity contribution in [3.63, 3.8) is 0 Å². The van der Waals surface area contributed by atoms with Crippen LogP contribution in [0.3, 0.4) is 0 Å². The second kappa shape index (κ2) is 4.69. The molecule has 0 aromatic rings. The van der Waals surface area contributed by atoms with Crippen LogP contribution in [0.4, 0.5) is 0 Å². The lowest BCUT2D eigenvalue weighted by Gasteiger charge is -1.89. The monoisotopic (exact) mass is 114 g/mol. The predicted octanol–water partition coefficient (Wildman–Crippen LogP) is 0.293. The Hall–Kier alpha value is -0.465. The molecular formula is C5H11BO2. The molecule has 2 nitrogen and oxygen atoms in total. The summed E-state index contributed by atoms with van der Waals surface area (Å²) in [5, 5.41) is 8.14. The lowest BCUT2D eigenvalue weighted by molar-refractivity contribution is -0.137. The Morgan fingerprint density at radius 3 is 2.50 bits per heavy atom. The highest BCUT2D eigenvalue weighted by Crippen LogP contribution is 1.96. The highest BCUT2D eigenvalue weighted by molar-refractivity contribution is 6.08. The SMILES string of the molecule is BCCCCC(=O)O. The molecule has 0 heterocycles. The first-order valence-corrected chi connectivity index (χ1v) is 2.99. The standard InChI is InChI=1S/C5H11BO2/c6-4-2-1-3-5(7)8/h1-4,6H2,(H,7,8). The van der Waals surface area contributed by atoms with Crippen molar-refractivity contribution >= 4 is 13.8 Å². The third-order valence-corrected chi connectivity index (χ3v) is 0.994. The van der Waals surface area contributed by atoms with E-state index in [1.165, 1.54) is 0 Å². The lowest BCUT2D eigenvalue weighted by atomic mass is 10.00. The molecule has 0 saturated heterocycles. The van der Waals surface area contributed by atoms with Gasteiger partial charge >= 0.3 is 5.97 Å². The first-order chi connectivity index (χ1) is 3.77. The summed E-state index contributed by atoms with van der Waals surface area (Å²) in [6.45, 7) is 0. The van der Waals surface area contributed by atoms with E-state index in [2.05, 4.69) is 7.85 Å². The van der Waals surface area contributed by atoms with E-state index in [9.17, 15) is 4.79 Å². The predicted molar refractivity (Wildman–Crippen MR) is 34.8 cm³/mol. The van der Waals surface area contributed by atoms with Gasteiger partial charge in [-0.05, 0) is 6.42 Å². The molecular weight excluding hydrogens is 103 g/mol. The van der Waals surface area contributed by atoms with Crippen LogP contribution in [-0.4, -0.2) is 18.9 Å². The Balaban J connectivity index is 2.82. The van der Waals surface area contributed by atoms with E-state index >= 15 is 0 Å².